The van der Waals surface area contributed by atoms with Gasteiger partial charge in [0.2, 0.25) is 0 Å². The second-order valence-corrected chi connectivity index (χ2v) is 5.09. The van der Waals surface area contributed by atoms with E-state index in [-0.39, 0.29) is 5.56 Å². The van der Waals surface area contributed by atoms with Gasteiger partial charge in [-0.1, -0.05) is 36.4 Å². The molecule has 3 rings (SSSR count). The highest BCUT2D eigenvalue weighted by molar-refractivity contribution is 5.60. The van der Waals surface area contributed by atoms with Crippen LogP contribution >= 0.6 is 0 Å². The lowest BCUT2D eigenvalue weighted by molar-refractivity contribution is 0.623. The van der Waals surface area contributed by atoms with Crippen molar-refractivity contribution in [2.45, 2.75) is 12.3 Å². The van der Waals surface area contributed by atoms with Gasteiger partial charge in [-0.2, -0.15) is 5.26 Å². The maximum Gasteiger partial charge on any atom is 0.143 e. The molecule has 1 unspecified atom stereocenters. The van der Waals surface area contributed by atoms with Gasteiger partial charge < -0.3 is 4.90 Å². The Kier molecular flexibility index (Phi) is 3.39. The van der Waals surface area contributed by atoms with Crippen LogP contribution in [0.25, 0.3) is 0 Å². The summed E-state index contributed by atoms with van der Waals surface area (Å²) in [7, 11) is 0. The minimum atomic E-state index is -0.437. The zero-order valence-electron chi connectivity index (χ0n) is 11.1. The van der Waals surface area contributed by atoms with Crippen molar-refractivity contribution >= 4 is 5.69 Å². The molecule has 1 saturated heterocycles. The van der Waals surface area contributed by atoms with Crippen LogP contribution in [0.5, 0.6) is 0 Å². The van der Waals surface area contributed by atoms with Crippen LogP contribution in [0.3, 0.4) is 0 Å². The molecule has 1 heterocycles. The van der Waals surface area contributed by atoms with Gasteiger partial charge in [-0.3, -0.25) is 0 Å². The molecule has 1 fully saturated rings. The van der Waals surface area contributed by atoms with E-state index in [1.807, 2.05) is 30.3 Å². The summed E-state index contributed by atoms with van der Waals surface area (Å²) in [6, 6.07) is 17.2. The topological polar surface area (TPSA) is 27.0 Å². The quantitative estimate of drug-likeness (QED) is 0.829. The summed E-state index contributed by atoms with van der Waals surface area (Å²) in [6.45, 7) is 1.69. The van der Waals surface area contributed by atoms with E-state index in [9.17, 15) is 4.39 Å². The molecule has 20 heavy (non-hydrogen) atoms. The van der Waals surface area contributed by atoms with Gasteiger partial charge in [-0.25, -0.2) is 4.39 Å². The Morgan fingerprint density at radius 2 is 1.90 bits per heavy atom. The van der Waals surface area contributed by atoms with Crippen LogP contribution in [0.4, 0.5) is 10.1 Å². The molecule has 0 amide bonds. The molecule has 0 radical (unpaired) electrons. The average molecular weight is 266 g/mol. The van der Waals surface area contributed by atoms with Crippen LogP contribution in [0, 0.1) is 17.1 Å². The molecule has 0 aliphatic carbocycles. The molecule has 100 valence electrons. The van der Waals surface area contributed by atoms with Gasteiger partial charge in [0.1, 0.15) is 17.4 Å². The van der Waals surface area contributed by atoms with E-state index in [1.165, 1.54) is 11.6 Å². The summed E-state index contributed by atoms with van der Waals surface area (Å²) in [5.41, 5.74) is 2.18. The molecule has 1 aliphatic heterocycles. The summed E-state index contributed by atoms with van der Waals surface area (Å²) in [5, 5.41) is 9.13. The number of benzene rings is 2. The van der Waals surface area contributed by atoms with Crippen LogP contribution in [-0.4, -0.2) is 13.1 Å². The van der Waals surface area contributed by atoms with Gasteiger partial charge in [-0.15, -0.1) is 0 Å². The first-order valence-electron chi connectivity index (χ1n) is 6.78. The third-order valence-corrected chi connectivity index (χ3v) is 3.90. The maximum atomic E-state index is 13.7. The van der Waals surface area contributed by atoms with Crippen LogP contribution < -0.4 is 4.90 Å². The van der Waals surface area contributed by atoms with Crippen LogP contribution in [-0.2, 0) is 0 Å². The lowest BCUT2D eigenvalue weighted by Gasteiger charge is -2.20. The number of nitrogens with zero attached hydrogens (tertiary/aromatic N) is 2. The number of hydrogen-bond acceptors (Lipinski definition) is 2. The highest BCUT2D eigenvalue weighted by Gasteiger charge is 2.26. The summed E-state index contributed by atoms with van der Waals surface area (Å²) >= 11 is 0. The predicted octanol–water partition coefficient (Wildman–Crippen LogP) is 3.69. The summed E-state index contributed by atoms with van der Waals surface area (Å²) in [5.74, 6) is 0.0131. The minimum Gasteiger partial charge on any atom is -0.370 e. The zero-order chi connectivity index (χ0) is 13.9. The van der Waals surface area contributed by atoms with Gasteiger partial charge in [0.25, 0.3) is 0 Å². The molecule has 2 aromatic carbocycles. The summed E-state index contributed by atoms with van der Waals surface area (Å²) in [6.07, 6.45) is 1.03. The Hall–Kier alpha value is -2.34. The van der Waals surface area contributed by atoms with Crippen molar-refractivity contribution in [2.24, 2.45) is 0 Å². The summed E-state index contributed by atoms with van der Waals surface area (Å²) < 4.78 is 13.7. The molecular weight excluding hydrogens is 251 g/mol. The third kappa shape index (κ3) is 2.25. The van der Waals surface area contributed by atoms with E-state index >= 15 is 0 Å². The fourth-order valence-corrected chi connectivity index (χ4v) is 2.86. The van der Waals surface area contributed by atoms with Crippen molar-refractivity contribution in [2.75, 3.05) is 18.0 Å². The van der Waals surface area contributed by atoms with E-state index < -0.39 is 5.82 Å². The van der Waals surface area contributed by atoms with Crippen molar-refractivity contribution < 1.29 is 4.39 Å². The van der Waals surface area contributed by atoms with Crippen molar-refractivity contribution in [1.82, 2.24) is 0 Å². The largest absolute Gasteiger partial charge is 0.370 e. The van der Waals surface area contributed by atoms with E-state index in [2.05, 4.69) is 17.0 Å². The Bertz CT molecular complexity index is 646. The molecule has 2 aromatic rings. The molecule has 3 heteroatoms. The standard InChI is InChI=1S/C17H15FN2/c18-16-7-4-8-17(15(16)11-19)20-10-9-14(12-20)13-5-2-1-3-6-13/h1-8,14H,9-10,12H2. The van der Waals surface area contributed by atoms with E-state index in [0.717, 1.165) is 19.5 Å². The highest BCUT2D eigenvalue weighted by Crippen LogP contribution is 2.32. The van der Waals surface area contributed by atoms with Gasteiger partial charge >= 0.3 is 0 Å². The van der Waals surface area contributed by atoms with E-state index in [1.54, 1.807) is 6.07 Å². The van der Waals surface area contributed by atoms with Crippen LogP contribution in [0.2, 0.25) is 0 Å². The summed E-state index contributed by atoms with van der Waals surface area (Å²) in [4.78, 5) is 2.11. The lowest BCUT2D eigenvalue weighted by Crippen LogP contribution is -2.20. The van der Waals surface area contributed by atoms with Gasteiger partial charge in [-0.05, 0) is 24.1 Å². The normalized spacial score (nSPS) is 18.0. The first-order valence-corrected chi connectivity index (χ1v) is 6.78. The molecule has 0 aromatic heterocycles. The molecule has 0 N–H and O–H groups in total. The van der Waals surface area contributed by atoms with Crippen molar-refractivity contribution in [3.63, 3.8) is 0 Å². The fourth-order valence-electron chi connectivity index (χ4n) is 2.86. The molecule has 1 atom stereocenters. The lowest BCUT2D eigenvalue weighted by atomic mass is 9.99. The number of rotatable bonds is 2. The van der Waals surface area contributed by atoms with Crippen molar-refractivity contribution in [3.05, 3.63) is 65.5 Å². The van der Waals surface area contributed by atoms with E-state index in [4.69, 9.17) is 5.26 Å². The van der Waals surface area contributed by atoms with Gasteiger partial charge in [0, 0.05) is 19.0 Å². The number of hydrogen-bond donors (Lipinski definition) is 0. The predicted molar refractivity (Wildman–Crippen MR) is 77.1 cm³/mol. The smallest absolute Gasteiger partial charge is 0.143 e. The Labute approximate surface area is 118 Å². The SMILES string of the molecule is N#Cc1c(F)cccc1N1CCC(c2ccccc2)C1. The monoisotopic (exact) mass is 266 g/mol. The van der Waals surface area contributed by atoms with Crippen LogP contribution in [0.1, 0.15) is 23.5 Å². The van der Waals surface area contributed by atoms with Gasteiger partial charge in [0.15, 0.2) is 0 Å². The molecule has 0 spiro atoms. The highest BCUT2D eigenvalue weighted by atomic mass is 19.1. The number of halogens is 1. The first kappa shape index (κ1) is 12.7. The maximum absolute atomic E-state index is 13.7. The number of anilines is 1. The molecule has 2 nitrogen and oxygen atoms in total. The molecule has 1 aliphatic rings. The first-order chi connectivity index (χ1) is 9.79. The molecule has 0 saturated carbocycles. The van der Waals surface area contributed by atoms with Crippen LogP contribution in [0.15, 0.2) is 48.5 Å². The van der Waals surface area contributed by atoms with Gasteiger partial charge in [0.05, 0.1) is 5.69 Å². The van der Waals surface area contributed by atoms with Crippen molar-refractivity contribution in [1.29, 1.82) is 5.26 Å². The average Bonchev–Trinajstić information content (AvgIpc) is 2.97. The second-order valence-electron chi connectivity index (χ2n) is 5.09. The number of nitriles is 1. The Balaban J connectivity index is 1.85. The molecular formula is C17H15FN2. The Morgan fingerprint density at radius 3 is 2.65 bits per heavy atom. The third-order valence-electron chi connectivity index (χ3n) is 3.90. The van der Waals surface area contributed by atoms with Crippen molar-refractivity contribution in [3.8, 4) is 6.07 Å². The fraction of sp³-hybridized carbons (Fsp3) is 0.235. The Morgan fingerprint density at radius 1 is 1.10 bits per heavy atom. The van der Waals surface area contributed by atoms with E-state index in [0.29, 0.717) is 11.6 Å². The second kappa shape index (κ2) is 5.34. The zero-order valence-corrected chi connectivity index (χ0v) is 11.1. The molecule has 0 bridgehead atoms. The minimum absolute atomic E-state index is 0.154.